The first-order valence-corrected chi connectivity index (χ1v) is 8.46. The summed E-state index contributed by atoms with van der Waals surface area (Å²) in [5, 5.41) is 3.42. The predicted octanol–water partition coefficient (Wildman–Crippen LogP) is 2.64. The fraction of sp³-hybridized carbons (Fsp3) is 0.556. The number of hydrogen-bond donors (Lipinski definition) is 1. The van der Waals surface area contributed by atoms with Crippen LogP contribution in [-0.4, -0.2) is 31.0 Å². The molecule has 1 aromatic rings. The lowest BCUT2D eigenvalue weighted by molar-refractivity contribution is -0.121. The molecule has 0 spiro atoms. The highest BCUT2D eigenvalue weighted by Crippen LogP contribution is 2.26. The number of anilines is 1. The molecule has 0 bridgehead atoms. The molecule has 3 rings (SSSR count). The molecule has 1 aromatic carbocycles. The third kappa shape index (κ3) is 3.55. The van der Waals surface area contributed by atoms with Crippen molar-refractivity contribution in [3.05, 3.63) is 24.3 Å². The molecule has 0 unspecified atom stereocenters. The van der Waals surface area contributed by atoms with Gasteiger partial charge in [-0.25, -0.2) is 4.90 Å². The number of imide groups is 1. The summed E-state index contributed by atoms with van der Waals surface area (Å²) in [6.45, 7) is 0. The van der Waals surface area contributed by atoms with Crippen molar-refractivity contribution in [3.8, 4) is 5.75 Å². The van der Waals surface area contributed by atoms with Crippen LogP contribution in [0.3, 0.4) is 0 Å². The minimum Gasteiger partial charge on any atom is -0.497 e. The quantitative estimate of drug-likeness (QED) is 0.685. The molecule has 2 aliphatic rings. The number of carbonyl (C=O) groups excluding carboxylic acids is 2. The Labute approximate surface area is 137 Å². The molecular formula is C18H24N2O3. The van der Waals surface area contributed by atoms with Gasteiger partial charge in [-0.1, -0.05) is 25.7 Å². The number of carbonyl (C=O) groups is 2. The van der Waals surface area contributed by atoms with Crippen molar-refractivity contribution < 1.29 is 14.3 Å². The summed E-state index contributed by atoms with van der Waals surface area (Å²) in [6, 6.07) is 7.01. The Morgan fingerprint density at radius 2 is 1.70 bits per heavy atom. The van der Waals surface area contributed by atoms with Crippen molar-refractivity contribution in [2.24, 2.45) is 0 Å². The minimum atomic E-state index is -0.382. The monoisotopic (exact) mass is 316 g/mol. The highest BCUT2D eigenvalue weighted by molar-refractivity contribution is 6.22. The Morgan fingerprint density at radius 3 is 2.30 bits per heavy atom. The van der Waals surface area contributed by atoms with Crippen LogP contribution in [0.15, 0.2) is 24.3 Å². The zero-order chi connectivity index (χ0) is 16.2. The molecule has 1 saturated heterocycles. The van der Waals surface area contributed by atoms with Crippen molar-refractivity contribution in [1.29, 1.82) is 0 Å². The van der Waals surface area contributed by atoms with Gasteiger partial charge in [-0.2, -0.15) is 0 Å². The number of nitrogens with zero attached hydrogens (tertiary/aromatic N) is 1. The van der Waals surface area contributed by atoms with E-state index in [1.165, 1.54) is 30.6 Å². The average Bonchev–Trinajstić information content (AvgIpc) is 2.74. The van der Waals surface area contributed by atoms with Crippen molar-refractivity contribution in [3.63, 3.8) is 0 Å². The van der Waals surface area contributed by atoms with E-state index in [9.17, 15) is 9.59 Å². The van der Waals surface area contributed by atoms with Crippen LogP contribution in [0.1, 0.15) is 44.9 Å². The van der Waals surface area contributed by atoms with Crippen molar-refractivity contribution >= 4 is 17.5 Å². The van der Waals surface area contributed by atoms with E-state index in [4.69, 9.17) is 4.74 Å². The molecule has 5 nitrogen and oxygen atoms in total. The highest BCUT2D eigenvalue weighted by atomic mass is 16.5. The van der Waals surface area contributed by atoms with Gasteiger partial charge in [-0.3, -0.25) is 9.59 Å². The normalized spacial score (nSPS) is 23.2. The second kappa shape index (κ2) is 7.13. The van der Waals surface area contributed by atoms with E-state index < -0.39 is 0 Å². The first kappa shape index (κ1) is 16.0. The summed E-state index contributed by atoms with van der Waals surface area (Å²) < 4.78 is 5.12. The molecular weight excluding hydrogens is 292 g/mol. The fourth-order valence-corrected chi connectivity index (χ4v) is 3.50. The Morgan fingerprint density at radius 1 is 1.04 bits per heavy atom. The molecule has 124 valence electrons. The zero-order valence-electron chi connectivity index (χ0n) is 13.6. The predicted molar refractivity (Wildman–Crippen MR) is 88.5 cm³/mol. The molecule has 1 N–H and O–H groups in total. The number of rotatable bonds is 4. The van der Waals surface area contributed by atoms with E-state index in [2.05, 4.69) is 5.32 Å². The summed E-state index contributed by atoms with van der Waals surface area (Å²) in [5.41, 5.74) is 0.617. The van der Waals surface area contributed by atoms with E-state index in [-0.39, 0.29) is 24.3 Å². The van der Waals surface area contributed by atoms with Gasteiger partial charge in [-0.15, -0.1) is 0 Å². The summed E-state index contributed by atoms with van der Waals surface area (Å²) in [5.74, 6) is 0.441. The molecule has 5 heteroatoms. The van der Waals surface area contributed by atoms with Gasteiger partial charge in [0.2, 0.25) is 5.91 Å². The van der Waals surface area contributed by atoms with E-state index in [0.717, 1.165) is 12.8 Å². The SMILES string of the molecule is COc1ccc(N2C(=O)C[C@H](NC3CCCCCC3)C2=O)cc1. The third-order valence-electron chi connectivity index (χ3n) is 4.77. The number of nitrogens with one attached hydrogen (secondary N) is 1. The Balaban J connectivity index is 1.68. The summed E-state index contributed by atoms with van der Waals surface area (Å²) in [6.07, 6.45) is 7.40. The fourth-order valence-electron chi connectivity index (χ4n) is 3.50. The van der Waals surface area contributed by atoms with E-state index >= 15 is 0 Å². The first-order valence-electron chi connectivity index (χ1n) is 8.46. The summed E-state index contributed by atoms with van der Waals surface area (Å²) in [7, 11) is 1.59. The van der Waals surface area contributed by atoms with Crippen LogP contribution in [0, 0.1) is 0 Å². The molecule has 23 heavy (non-hydrogen) atoms. The maximum Gasteiger partial charge on any atom is 0.251 e. The Bertz CT molecular complexity index is 562. The maximum absolute atomic E-state index is 12.6. The molecule has 0 radical (unpaired) electrons. The number of benzene rings is 1. The van der Waals surface area contributed by atoms with Crippen molar-refractivity contribution in [1.82, 2.24) is 5.32 Å². The third-order valence-corrected chi connectivity index (χ3v) is 4.77. The van der Waals surface area contributed by atoms with Gasteiger partial charge in [0.25, 0.3) is 5.91 Å². The van der Waals surface area contributed by atoms with Gasteiger partial charge in [0.1, 0.15) is 5.75 Å². The first-order chi connectivity index (χ1) is 11.2. The lowest BCUT2D eigenvalue weighted by atomic mass is 10.1. The Kier molecular flexibility index (Phi) is 4.96. The topological polar surface area (TPSA) is 58.6 Å². The standard InChI is InChI=1S/C18H24N2O3/c1-23-15-10-8-14(9-11-15)20-17(21)12-16(18(20)22)19-13-6-4-2-3-5-7-13/h8-11,13,16,19H,2-7,12H2,1H3/t16-/m0/s1. The second-order valence-corrected chi connectivity index (χ2v) is 6.38. The smallest absolute Gasteiger partial charge is 0.251 e. The van der Waals surface area contributed by atoms with Crippen LogP contribution in [0.4, 0.5) is 5.69 Å². The van der Waals surface area contributed by atoms with Crippen molar-refractivity contribution in [2.45, 2.75) is 57.0 Å². The largest absolute Gasteiger partial charge is 0.497 e. The van der Waals surface area contributed by atoms with Crippen LogP contribution >= 0.6 is 0 Å². The molecule has 2 fully saturated rings. The summed E-state index contributed by atoms with van der Waals surface area (Å²) in [4.78, 5) is 26.2. The molecule has 1 heterocycles. The van der Waals surface area contributed by atoms with Gasteiger partial charge < -0.3 is 10.1 Å². The van der Waals surface area contributed by atoms with Crippen LogP contribution in [-0.2, 0) is 9.59 Å². The van der Waals surface area contributed by atoms with Crippen LogP contribution in [0.5, 0.6) is 5.75 Å². The average molecular weight is 316 g/mol. The van der Waals surface area contributed by atoms with E-state index in [1.807, 2.05) is 0 Å². The Hall–Kier alpha value is -1.88. The molecule has 1 atom stereocenters. The van der Waals surface area contributed by atoms with Gasteiger partial charge in [0, 0.05) is 6.04 Å². The lowest BCUT2D eigenvalue weighted by Gasteiger charge is -2.21. The molecule has 1 saturated carbocycles. The van der Waals surface area contributed by atoms with Gasteiger partial charge in [0.05, 0.1) is 25.3 Å². The zero-order valence-corrected chi connectivity index (χ0v) is 13.6. The molecule has 1 aliphatic carbocycles. The number of methoxy groups -OCH3 is 1. The molecule has 1 aliphatic heterocycles. The van der Waals surface area contributed by atoms with E-state index in [0.29, 0.717) is 17.5 Å². The minimum absolute atomic E-state index is 0.133. The van der Waals surface area contributed by atoms with E-state index in [1.54, 1.807) is 31.4 Å². The highest BCUT2D eigenvalue weighted by Gasteiger charge is 2.40. The van der Waals surface area contributed by atoms with Crippen LogP contribution in [0.25, 0.3) is 0 Å². The molecule has 2 amide bonds. The van der Waals surface area contributed by atoms with Gasteiger partial charge >= 0.3 is 0 Å². The maximum atomic E-state index is 12.6. The van der Waals surface area contributed by atoms with Crippen LogP contribution in [0.2, 0.25) is 0 Å². The number of hydrogen-bond acceptors (Lipinski definition) is 4. The number of amides is 2. The second-order valence-electron chi connectivity index (χ2n) is 6.38. The summed E-state index contributed by atoms with van der Waals surface area (Å²) >= 11 is 0. The lowest BCUT2D eigenvalue weighted by Crippen LogP contribution is -2.43. The van der Waals surface area contributed by atoms with Crippen molar-refractivity contribution in [2.75, 3.05) is 12.0 Å². The van der Waals surface area contributed by atoms with Gasteiger partial charge in [-0.05, 0) is 37.1 Å². The number of ether oxygens (including phenoxy) is 1. The van der Waals surface area contributed by atoms with Crippen LogP contribution < -0.4 is 15.0 Å². The molecule has 0 aromatic heterocycles. The van der Waals surface area contributed by atoms with Gasteiger partial charge in [0.15, 0.2) is 0 Å².